The largest absolute Gasteiger partial charge is 0.324 e. The van der Waals surface area contributed by atoms with Gasteiger partial charge in [0.05, 0.1) is 17.6 Å². The monoisotopic (exact) mass is 300 g/mol. The van der Waals surface area contributed by atoms with Gasteiger partial charge in [-0.3, -0.25) is 9.52 Å². The molecule has 0 unspecified atom stereocenters. The summed E-state index contributed by atoms with van der Waals surface area (Å²) in [5.41, 5.74) is 0.313. The van der Waals surface area contributed by atoms with Crippen molar-refractivity contribution in [2.24, 2.45) is 5.92 Å². The zero-order valence-corrected chi connectivity index (χ0v) is 12.0. The fraction of sp³-hybridized carbons (Fsp3) is 0.462. The Hall–Kier alpha value is -1.63. The predicted molar refractivity (Wildman–Crippen MR) is 75.5 cm³/mol. The van der Waals surface area contributed by atoms with E-state index in [2.05, 4.69) is 10.0 Å². The Kier molecular flexibility index (Phi) is 4.27. The Labute approximate surface area is 117 Å². The Morgan fingerprint density at radius 1 is 1.25 bits per heavy atom. The molecule has 0 atom stereocenters. The number of amides is 1. The molecule has 1 fully saturated rings. The highest BCUT2D eigenvalue weighted by molar-refractivity contribution is 7.92. The van der Waals surface area contributed by atoms with Crippen molar-refractivity contribution in [2.75, 3.05) is 16.3 Å². The number of halogens is 1. The van der Waals surface area contributed by atoms with Crippen LogP contribution in [0.2, 0.25) is 0 Å². The molecule has 1 saturated carbocycles. The molecule has 0 saturated heterocycles. The molecule has 0 bridgehead atoms. The van der Waals surface area contributed by atoms with Crippen molar-refractivity contribution in [2.45, 2.75) is 25.7 Å². The number of hydrogen-bond acceptors (Lipinski definition) is 3. The molecule has 0 heterocycles. The van der Waals surface area contributed by atoms with Crippen LogP contribution < -0.4 is 10.0 Å². The molecule has 0 radical (unpaired) electrons. The van der Waals surface area contributed by atoms with Gasteiger partial charge >= 0.3 is 0 Å². The van der Waals surface area contributed by atoms with Crippen LogP contribution in [0.1, 0.15) is 25.7 Å². The maximum Gasteiger partial charge on any atom is 0.229 e. The van der Waals surface area contributed by atoms with E-state index in [-0.39, 0.29) is 23.2 Å². The zero-order valence-electron chi connectivity index (χ0n) is 11.1. The molecule has 1 aliphatic rings. The van der Waals surface area contributed by atoms with Crippen molar-refractivity contribution in [3.8, 4) is 0 Å². The van der Waals surface area contributed by atoms with Gasteiger partial charge in [0.1, 0.15) is 5.82 Å². The minimum Gasteiger partial charge on any atom is -0.324 e. The van der Waals surface area contributed by atoms with Gasteiger partial charge in [0.15, 0.2) is 0 Å². The zero-order chi connectivity index (χ0) is 14.8. The number of hydrogen-bond donors (Lipinski definition) is 2. The lowest BCUT2D eigenvalue weighted by molar-refractivity contribution is -0.119. The first-order valence-electron chi connectivity index (χ1n) is 6.43. The van der Waals surface area contributed by atoms with E-state index in [0.717, 1.165) is 38.0 Å². The summed E-state index contributed by atoms with van der Waals surface area (Å²) < 4.78 is 37.9. The number of sulfonamides is 1. The van der Waals surface area contributed by atoms with E-state index in [1.807, 2.05) is 0 Å². The maximum absolute atomic E-state index is 13.2. The quantitative estimate of drug-likeness (QED) is 0.896. The van der Waals surface area contributed by atoms with Gasteiger partial charge in [-0.2, -0.15) is 0 Å². The molecule has 110 valence electrons. The molecule has 1 aliphatic carbocycles. The van der Waals surface area contributed by atoms with Crippen molar-refractivity contribution >= 4 is 27.3 Å². The van der Waals surface area contributed by atoms with Crippen LogP contribution in [0.3, 0.4) is 0 Å². The lowest BCUT2D eigenvalue weighted by Crippen LogP contribution is -2.21. The van der Waals surface area contributed by atoms with E-state index in [4.69, 9.17) is 0 Å². The van der Waals surface area contributed by atoms with Crippen LogP contribution in [0, 0.1) is 11.7 Å². The van der Waals surface area contributed by atoms with Crippen LogP contribution in [0.15, 0.2) is 18.2 Å². The van der Waals surface area contributed by atoms with Crippen LogP contribution in [-0.4, -0.2) is 20.6 Å². The summed E-state index contributed by atoms with van der Waals surface area (Å²) in [7, 11) is -3.54. The first-order valence-corrected chi connectivity index (χ1v) is 8.32. The van der Waals surface area contributed by atoms with E-state index >= 15 is 0 Å². The predicted octanol–water partition coefficient (Wildman–Crippen LogP) is 2.33. The van der Waals surface area contributed by atoms with Gasteiger partial charge in [-0.25, -0.2) is 12.8 Å². The molecular formula is C13H17FN2O3S. The van der Waals surface area contributed by atoms with E-state index in [9.17, 15) is 17.6 Å². The summed E-state index contributed by atoms with van der Waals surface area (Å²) in [5, 5.41) is 2.67. The normalized spacial score (nSPS) is 16.1. The molecule has 0 aliphatic heterocycles. The maximum atomic E-state index is 13.2. The number of carbonyl (C=O) groups excluding carboxylic acids is 1. The van der Waals surface area contributed by atoms with Crippen LogP contribution in [0.4, 0.5) is 15.8 Å². The van der Waals surface area contributed by atoms with Gasteiger partial charge in [0.2, 0.25) is 15.9 Å². The van der Waals surface area contributed by atoms with E-state index < -0.39 is 15.8 Å². The van der Waals surface area contributed by atoms with Gasteiger partial charge in [0, 0.05) is 12.0 Å². The highest BCUT2D eigenvalue weighted by Crippen LogP contribution is 2.28. The lowest BCUT2D eigenvalue weighted by Gasteiger charge is -2.14. The second-order valence-corrected chi connectivity index (χ2v) is 6.78. The fourth-order valence-electron chi connectivity index (χ4n) is 2.33. The van der Waals surface area contributed by atoms with Crippen molar-refractivity contribution in [3.05, 3.63) is 24.0 Å². The van der Waals surface area contributed by atoms with Gasteiger partial charge in [-0.1, -0.05) is 12.8 Å². The Morgan fingerprint density at radius 2 is 1.90 bits per heavy atom. The fourth-order valence-corrected chi connectivity index (χ4v) is 2.90. The van der Waals surface area contributed by atoms with E-state index in [1.54, 1.807) is 0 Å². The van der Waals surface area contributed by atoms with Crippen molar-refractivity contribution in [3.63, 3.8) is 0 Å². The molecule has 0 spiro atoms. The third-order valence-electron chi connectivity index (χ3n) is 3.26. The first kappa shape index (κ1) is 14.8. The van der Waals surface area contributed by atoms with E-state index in [0.29, 0.717) is 0 Å². The number of anilines is 2. The summed E-state index contributed by atoms with van der Waals surface area (Å²) in [6, 6.07) is 3.58. The van der Waals surface area contributed by atoms with Crippen molar-refractivity contribution in [1.29, 1.82) is 0 Å². The first-order chi connectivity index (χ1) is 9.35. The lowest BCUT2D eigenvalue weighted by atomic mass is 10.1. The van der Waals surface area contributed by atoms with Gasteiger partial charge in [0.25, 0.3) is 0 Å². The molecule has 2 N–H and O–H groups in total. The second-order valence-electron chi connectivity index (χ2n) is 5.03. The standard InChI is InChI=1S/C13H17FN2O3S/c1-20(18,19)16-12-8-10(14)6-7-11(12)15-13(17)9-4-2-3-5-9/h6-9,16H,2-5H2,1H3,(H,15,17). The molecule has 1 aromatic rings. The minimum absolute atomic E-state index is 0.0406. The second kappa shape index (κ2) is 5.78. The number of carbonyl (C=O) groups is 1. The summed E-state index contributed by atoms with van der Waals surface area (Å²) >= 11 is 0. The van der Waals surface area contributed by atoms with Gasteiger partial charge in [-0.05, 0) is 25.0 Å². The van der Waals surface area contributed by atoms with Crippen LogP contribution in [0.25, 0.3) is 0 Å². The van der Waals surface area contributed by atoms with Crippen molar-refractivity contribution < 1.29 is 17.6 Å². The van der Waals surface area contributed by atoms with E-state index in [1.165, 1.54) is 12.1 Å². The molecule has 20 heavy (non-hydrogen) atoms. The summed E-state index contributed by atoms with van der Waals surface area (Å²) in [4.78, 5) is 12.0. The SMILES string of the molecule is CS(=O)(=O)Nc1cc(F)ccc1NC(=O)C1CCCC1. The summed E-state index contributed by atoms with van der Waals surface area (Å²) in [5.74, 6) is -0.771. The smallest absolute Gasteiger partial charge is 0.229 e. The van der Waals surface area contributed by atoms with Gasteiger partial charge < -0.3 is 5.32 Å². The molecule has 5 nitrogen and oxygen atoms in total. The minimum atomic E-state index is -3.54. The Bertz CT molecular complexity index is 610. The molecule has 1 aromatic carbocycles. The number of nitrogens with one attached hydrogen (secondary N) is 2. The molecule has 2 rings (SSSR count). The Balaban J connectivity index is 2.19. The third-order valence-corrected chi connectivity index (χ3v) is 3.85. The summed E-state index contributed by atoms with van der Waals surface area (Å²) in [6.45, 7) is 0. The highest BCUT2D eigenvalue weighted by atomic mass is 32.2. The summed E-state index contributed by atoms with van der Waals surface area (Å²) in [6.07, 6.45) is 4.69. The Morgan fingerprint density at radius 3 is 2.50 bits per heavy atom. The number of benzene rings is 1. The topological polar surface area (TPSA) is 75.3 Å². The van der Waals surface area contributed by atoms with Crippen LogP contribution in [-0.2, 0) is 14.8 Å². The molecule has 7 heteroatoms. The van der Waals surface area contributed by atoms with Crippen LogP contribution in [0.5, 0.6) is 0 Å². The average Bonchev–Trinajstić information content (AvgIpc) is 2.84. The molecular weight excluding hydrogens is 283 g/mol. The molecule has 0 aromatic heterocycles. The molecule has 1 amide bonds. The third kappa shape index (κ3) is 3.93. The van der Waals surface area contributed by atoms with Crippen LogP contribution >= 0.6 is 0 Å². The average molecular weight is 300 g/mol. The number of rotatable bonds is 4. The highest BCUT2D eigenvalue weighted by Gasteiger charge is 2.23. The van der Waals surface area contributed by atoms with Crippen molar-refractivity contribution in [1.82, 2.24) is 0 Å². The van der Waals surface area contributed by atoms with Gasteiger partial charge in [-0.15, -0.1) is 0 Å².